The number of ether oxygens (including phenoxy) is 1. The molecular formula is C13H23NO3. The molecule has 98 valence electrons. The second-order valence-corrected chi connectivity index (χ2v) is 5.17. The number of carboxylic acid groups (broad SMARTS) is 1. The van der Waals surface area contributed by atoms with Crippen molar-refractivity contribution in [2.45, 2.75) is 51.2 Å². The fourth-order valence-electron chi connectivity index (χ4n) is 3.21. The Morgan fingerprint density at radius 3 is 2.76 bits per heavy atom. The number of hydrogen-bond acceptors (Lipinski definition) is 3. The number of rotatable bonds is 5. The van der Waals surface area contributed by atoms with E-state index < -0.39 is 5.97 Å². The van der Waals surface area contributed by atoms with Gasteiger partial charge in [-0.1, -0.05) is 13.3 Å². The summed E-state index contributed by atoms with van der Waals surface area (Å²) in [7, 11) is 0. The third-order valence-electron chi connectivity index (χ3n) is 4.13. The highest BCUT2D eigenvalue weighted by molar-refractivity contribution is 5.71. The topological polar surface area (TPSA) is 49.8 Å². The SMILES string of the molecule is CCN(CC1CCCO1)C1CCCC1C(=O)O. The van der Waals surface area contributed by atoms with Gasteiger partial charge in [0.05, 0.1) is 12.0 Å². The largest absolute Gasteiger partial charge is 0.481 e. The summed E-state index contributed by atoms with van der Waals surface area (Å²) in [6.07, 6.45) is 5.50. The molecule has 0 bridgehead atoms. The maximum absolute atomic E-state index is 11.2. The summed E-state index contributed by atoms with van der Waals surface area (Å²) in [5.74, 6) is -0.797. The summed E-state index contributed by atoms with van der Waals surface area (Å²) >= 11 is 0. The molecule has 1 saturated heterocycles. The molecule has 3 atom stereocenters. The van der Waals surface area contributed by atoms with Crippen LogP contribution < -0.4 is 0 Å². The summed E-state index contributed by atoms with van der Waals surface area (Å²) in [6.45, 7) is 4.82. The van der Waals surface area contributed by atoms with E-state index in [1.54, 1.807) is 0 Å². The zero-order valence-corrected chi connectivity index (χ0v) is 10.6. The van der Waals surface area contributed by atoms with Crippen LogP contribution in [-0.4, -0.2) is 47.8 Å². The number of carbonyl (C=O) groups is 1. The van der Waals surface area contributed by atoms with Crippen molar-refractivity contribution >= 4 is 5.97 Å². The van der Waals surface area contributed by atoms with Gasteiger partial charge in [-0.3, -0.25) is 9.69 Å². The zero-order valence-electron chi connectivity index (χ0n) is 10.6. The molecule has 2 aliphatic rings. The molecular weight excluding hydrogens is 218 g/mol. The van der Waals surface area contributed by atoms with E-state index in [0.717, 1.165) is 51.8 Å². The van der Waals surface area contributed by atoms with Crippen LogP contribution in [0, 0.1) is 5.92 Å². The van der Waals surface area contributed by atoms with E-state index in [0.29, 0.717) is 6.10 Å². The molecule has 1 heterocycles. The minimum Gasteiger partial charge on any atom is -0.481 e. The lowest BCUT2D eigenvalue weighted by Crippen LogP contribution is -2.44. The number of aliphatic carboxylic acids is 1. The Balaban J connectivity index is 1.94. The predicted molar refractivity (Wildman–Crippen MR) is 65.0 cm³/mol. The molecule has 0 aromatic rings. The fraction of sp³-hybridized carbons (Fsp3) is 0.923. The van der Waals surface area contributed by atoms with E-state index in [9.17, 15) is 9.90 Å². The number of carboxylic acids is 1. The van der Waals surface area contributed by atoms with Crippen LogP contribution >= 0.6 is 0 Å². The van der Waals surface area contributed by atoms with Crippen molar-refractivity contribution in [2.24, 2.45) is 5.92 Å². The number of hydrogen-bond donors (Lipinski definition) is 1. The van der Waals surface area contributed by atoms with Crippen LogP contribution in [0.2, 0.25) is 0 Å². The molecule has 1 N–H and O–H groups in total. The highest BCUT2D eigenvalue weighted by Gasteiger charge is 2.37. The normalized spacial score (nSPS) is 33.4. The standard InChI is InChI=1S/C13H23NO3/c1-2-14(9-10-5-4-8-17-10)12-7-3-6-11(12)13(15)16/h10-12H,2-9H2,1H3,(H,15,16). The Hall–Kier alpha value is -0.610. The molecule has 1 aliphatic heterocycles. The molecule has 1 saturated carbocycles. The van der Waals surface area contributed by atoms with Gasteiger partial charge in [0.15, 0.2) is 0 Å². The molecule has 0 aromatic heterocycles. The third-order valence-corrected chi connectivity index (χ3v) is 4.13. The van der Waals surface area contributed by atoms with Crippen molar-refractivity contribution in [3.05, 3.63) is 0 Å². The first-order chi connectivity index (χ1) is 8.22. The van der Waals surface area contributed by atoms with E-state index >= 15 is 0 Å². The van der Waals surface area contributed by atoms with Gasteiger partial charge in [-0.2, -0.15) is 0 Å². The molecule has 0 aromatic carbocycles. The maximum Gasteiger partial charge on any atom is 0.308 e. The average Bonchev–Trinajstić information content (AvgIpc) is 2.96. The van der Waals surface area contributed by atoms with Crippen LogP contribution in [0.15, 0.2) is 0 Å². The van der Waals surface area contributed by atoms with Crippen molar-refractivity contribution in [1.82, 2.24) is 4.90 Å². The van der Waals surface area contributed by atoms with Gasteiger partial charge in [0, 0.05) is 19.2 Å². The van der Waals surface area contributed by atoms with Gasteiger partial charge in [0.2, 0.25) is 0 Å². The van der Waals surface area contributed by atoms with Crippen LogP contribution in [0.1, 0.15) is 39.0 Å². The van der Waals surface area contributed by atoms with Crippen LogP contribution in [-0.2, 0) is 9.53 Å². The van der Waals surface area contributed by atoms with Crippen molar-refractivity contribution in [1.29, 1.82) is 0 Å². The lowest BCUT2D eigenvalue weighted by Gasteiger charge is -2.32. The monoisotopic (exact) mass is 241 g/mol. The van der Waals surface area contributed by atoms with Gasteiger partial charge in [-0.05, 0) is 32.2 Å². The number of likely N-dealkylation sites (N-methyl/N-ethyl adjacent to an activating group) is 1. The molecule has 3 unspecified atom stereocenters. The molecule has 0 spiro atoms. The summed E-state index contributed by atoms with van der Waals surface area (Å²) in [5.41, 5.74) is 0. The molecule has 4 nitrogen and oxygen atoms in total. The Morgan fingerprint density at radius 2 is 2.18 bits per heavy atom. The van der Waals surface area contributed by atoms with Crippen LogP contribution in [0.25, 0.3) is 0 Å². The Labute approximate surface area is 103 Å². The summed E-state index contributed by atoms with van der Waals surface area (Å²) in [4.78, 5) is 13.5. The average molecular weight is 241 g/mol. The molecule has 4 heteroatoms. The van der Waals surface area contributed by atoms with Gasteiger partial charge < -0.3 is 9.84 Å². The summed E-state index contributed by atoms with van der Waals surface area (Å²) < 4.78 is 5.65. The third kappa shape index (κ3) is 2.99. The van der Waals surface area contributed by atoms with E-state index in [-0.39, 0.29) is 12.0 Å². The van der Waals surface area contributed by atoms with Gasteiger partial charge in [-0.15, -0.1) is 0 Å². The quantitative estimate of drug-likeness (QED) is 0.796. The van der Waals surface area contributed by atoms with Crippen molar-refractivity contribution in [3.63, 3.8) is 0 Å². The summed E-state index contributed by atoms with van der Waals surface area (Å²) in [5, 5.41) is 9.23. The van der Waals surface area contributed by atoms with E-state index in [1.807, 2.05) is 0 Å². The predicted octanol–water partition coefficient (Wildman–Crippen LogP) is 1.74. The first-order valence-corrected chi connectivity index (χ1v) is 6.80. The van der Waals surface area contributed by atoms with Gasteiger partial charge in [0.25, 0.3) is 0 Å². The van der Waals surface area contributed by atoms with Crippen molar-refractivity contribution < 1.29 is 14.6 Å². The Kier molecular flexibility index (Phi) is 4.40. The lowest BCUT2D eigenvalue weighted by molar-refractivity contribution is -0.143. The minimum atomic E-state index is -0.627. The van der Waals surface area contributed by atoms with Crippen LogP contribution in [0.3, 0.4) is 0 Å². The Bertz CT molecular complexity index is 263. The van der Waals surface area contributed by atoms with Crippen molar-refractivity contribution in [3.8, 4) is 0 Å². The molecule has 0 amide bonds. The first-order valence-electron chi connectivity index (χ1n) is 6.80. The lowest BCUT2D eigenvalue weighted by atomic mass is 10.0. The highest BCUT2D eigenvalue weighted by Crippen LogP contribution is 2.31. The second-order valence-electron chi connectivity index (χ2n) is 5.17. The van der Waals surface area contributed by atoms with E-state index in [1.165, 1.54) is 0 Å². The minimum absolute atomic E-state index is 0.170. The van der Waals surface area contributed by atoms with Gasteiger partial charge >= 0.3 is 5.97 Å². The molecule has 2 fully saturated rings. The first kappa shape index (κ1) is 12.8. The molecule has 1 aliphatic carbocycles. The van der Waals surface area contributed by atoms with E-state index in [4.69, 9.17) is 4.74 Å². The van der Waals surface area contributed by atoms with Gasteiger partial charge in [0.1, 0.15) is 0 Å². The molecule has 2 rings (SSSR count). The van der Waals surface area contributed by atoms with Crippen LogP contribution in [0.5, 0.6) is 0 Å². The fourth-order valence-corrected chi connectivity index (χ4v) is 3.21. The zero-order chi connectivity index (χ0) is 12.3. The summed E-state index contributed by atoms with van der Waals surface area (Å²) in [6, 6.07) is 0.224. The van der Waals surface area contributed by atoms with Gasteiger partial charge in [-0.25, -0.2) is 0 Å². The second kappa shape index (κ2) is 5.83. The molecule has 0 radical (unpaired) electrons. The number of nitrogens with zero attached hydrogens (tertiary/aromatic N) is 1. The smallest absolute Gasteiger partial charge is 0.308 e. The van der Waals surface area contributed by atoms with Crippen molar-refractivity contribution in [2.75, 3.05) is 19.7 Å². The maximum atomic E-state index is 11.2. The Morgan fingerprint density at radius 1 is 1.35 bits per heavy atom. The van der Waals surface area contributed by atoms with Crippen LogP contribution in [0.4, 0.5) is 0 Å². The molecule has 17 heavy (non-hydrogen) atoms. The highest BCUT2D eigenvalue weighted by atomic mass is 16.5. The van der Waals surface area contributed by atoms with E-state index in [2.05, 4.69) is 11.8 Å².